The zero-order valence-corrected chi connectivity index (χ0v) is 88.4. The summed E-state index contributed by atoms with van der Waals surface area (Å²) in [6, 6.07) is 9.86. The van der Waals surface area contributed by atoms with Crippen molar-refractivity contribution in [1.82, 2.24) is 19.7 Å². The molecule has 1 N–H and O–H groups in total. The standard InChI is InChI=1S/C23H21FN6O3.17K.H/c1-4-15(31)10-14-12-25-23(26-18-11-20(30(32)33)17(24)9-13(18)2)27-21(14)22-16-7-5-6-8-19(16)29(3)28-22;;;;;;;;;;;;;;;;;;/h5-9,11-12H,4,10H2,1-3H3,(H,25,26,27);;;;;;;;;;;;;;;;;;/q;;;;;;;;;;;;;;;;;+1;-1. The van der Waals surface area contributed by atoms with E-state index in [1.165, 1.54) is 505 Å². The number of hydrogen-bond acceptors (Lipinski definition) is 7. The van der Waals surface area contributed by atoms with Gasteiger partial charge in [-0.3, -0.25) is 19.6 Å². The zero-order valence-electron chi connectivity index (χ0n) is 36.3. The normalized spacial score (nSPS) is 8.56. The van der Waals surface area contributed by atoms with E-state index in [0.717, 1.165) is 23.0 Å². The first-order valence-electron chi connectivity index (χ1n) is 18.3. The molecule has 0 fully saturated rings. The number of nitrogens with zero attached hydrogens (tertiary/aromatic N) is 5. The number of fused-ring (bicyclic) bond motifs is 1. The van der Waals surface area contributed by atoms with Crippen LogP contribution in [0.1, 0.15) is 25.9 Å². The molecule has 186 valence electrons. The monoisotopic (exact) mass is 1110 g/mol. The molecule has 0 amide bonds. The third-order valence-electron chi connectivity index (χ3n) is 5.37. The number of ketones is 1. The molecule has 2 aromatic heterocycles. The number of aryl methyl sites for hydroxylation is 2. The number of carbonyl (C=O) groups is 1. The van der Waals surface area contributed by atoms with Gasteiger partial charge in [0, 0.05) is 43.1 Å². The molecule has 0 bridgehead atoms. The molecule has 0 radical (unpaired) electrons. The van der Waals surface area contributed by atoms with Gasteiger partial charge in [0.05, 0.1) is 16.1 Å². The van der Waals surface area contributed by atoms with E-state index in [-0.39, 0.29) is 71.0 Å². The number of para-hydroxylation sites is 1. The molecule has 0 unspecified atom stereocenters. The summed E-state index contributed by atoms with van der Waals surface area (Å²) in [4.78, 5) is 31.5. The first-order chi connectivity index (χ1) is 23.8. The number of nitrogens with one attached hydrogen (secondary N) is 1. The second-order valence-corrected chi connectivity index (χ2v) is 7.63. The van der Waals surface area contributed by atoms with Gasteiger partial charge in [-0.05, 0) is 24.6 Å². The third kappa shape index (κ3) is 40.7. The molecule has 50 heavy (non-hydrogen) atoms. The predicted molar refractivity (Wildman–Crippen MR) is 215 cm³/mol. The Hall–Kier alpha value is 23.6. The average molecular weight is 1110 g/mol. The third-order valence-corrected chi connectivity index (χ3v) is 5.37. The molecule has 4 rings (SSSR count). The molecule has 0 aliphatic carbocycles. The van der Waals surface area contributed by atoms with Gasteiger partial charge in [0.25, 0.3) is 0 Å². The van der Waals surface area contributed by atoms with Gasteiger partial charge in [-0.15, -0.1) is 0 Å². The second-order valence-electron chi connectivity index (χ2n) is 7.63. The van der Waals surface area contributed by atoms with Crippen molar-refractivity contribution in [2.24, 2.45) is 7.05 Å². The number of benzene rings is 2. The second kappa shape index (κ2) is 65.1. The average Bonchev–Trinajstić information content (AvgIpc) is 3.52. The zero-order chi connectivity index (χ0) is 39.7. The van der Waals surface area contributed by atoms with Gasteiger partial charge >= 0.3 is 562 Å². The van der Waals surface area contributed by atoms with Crippen molar-refractivity contribution in [3.63, 3.8) is 0 Å². The van der Waals surface area contributed by atoms with Gasteiger partial charge < -0.3 is 6.74 Å². The van der Waals surface area contributed by atoms with E-state index in [1.807, 2.05) is 31.3 Å². The predicted octanol–water partition coefficient (Wildman–Crippen LogP) is -4.33. The van der Waals surface area contributed by atoms with Crippen molar-refractivity contribution < 1.29 is 66.9 Å². The summed E-state index contributed by atoms with van der Waals surface area (Å²) in [7, 11) is 1.82. The van der Waals surface area contributed by atoms with Crippen molar-refractivity contribution in [2.75, 3.05) is 5.32 Å². The number of aromatic nitrogens is 4. The van der Waals surface area contributed by atoms with Crippen molar-refractivity contribution >= 4 is 539 Å². The van der Waals surface area contributed by atoms with Crippen LogP contribution in [0.2, 0.25) is 0 Å². The van der Waals surface area contributed by atoms with E-state index in [2.05, 4.69) is 20.4 Å². The first-order valence-corrected chi connectivity index (χ1v) is 146. The van der Waals surface area contributed by atoms with Gasteiger partial charge in [-0.2, -0.15) is 9.49 Å². The number of anilines is 2. The molecule has 0 atom stereocenters. The maximum absolute atomic E-state index is 13.9. The van der Waals surface area contributed by atoms with Crippen molar-refractivity contribution in [3.05, 3.63) is 69.7 Å². The topological polar surface area (TPSA) is 116 Å². The molecular formula is C23H22FK17N6O3. The van der Waals surface area contributed by atoms with Gasteiger partial charge in [0.2, 0.25) is 11.8 Å². The first kappa shape index (κ1) is 84.9. The Morgan fingerprint density at radius 1 is 0.900 bits per heavy atom. The fourth-order valence-corrected chi connectivity index (χ4v) is 3.58. The fraction of sp³-hybridized carbons (Fsp3) is 0.217. The van der Waals surface area contributed by atoms with Crippen LogP contribution in [0.4, 0.5) is 21.7 Å². The van der Waals surface area contributed by atoms with Crippen LogP contribution in [0.15, 0.2) is 42.6 Å². The summed E-state index contributed by atoms with van der Waals surface area (Å²) >= 11 is 20.0. The minimum atomic E-state index is -0.918. The van der Waals surface area contributed by atoms with Crippen LogP contribution >= 0.6 is 0 Å². The Morgan fingerprint density at radius 3 is 1.88 bits per heavy atom. The quantitative estimate of drug-likeness (QED) is 0.113. The SMILES string of the molecule is CCC(=O)Cc1cnc(Nc2cc([N+](=O)[O-])c(F)cc2C)nc1-c1nn(C)c2ccccc12.[H-].[K+].[K][K].[K][K].[K][K].[K][K].[K][K].[K][K].[K][K].[K][K]. The molecule has 4 aromatic rings. The molecule has 27 heteroatoms. The van der Waals surface area contributed by atoms with E-state index in [9.17, 15) is 19.3 Å². The van der Waals surface area contributed by atoms with Gasteiger partial charge in [0.1, 0.15) is 17.2 Å². The molecule has 0 saturated carbocycles. The van der Waals surface area contributed by atoms with Crippen LogP contribution in [0.25, 0.3) is 22.3 Å². The van der Waals surface area contributed by atoms with Crippen LogP contribution in [0.3, 0.4) is 0 Å². The van der Waals surface area contributed by atoms with Gasteiger partial charge in [0.15, 0.2) is 0 Å². The number of nitro benzene ring substituents is 1. The summed E-state index contributed by atoms with van der Waals surface area (Å²) in [5.41, 5.74) is 2.72. The Bertz CT molecular complexity index is 1450. The number of rotatable bonds is 7. The van der Waals surface area contributed by atoms with Crippen molar-refractivity contribution in [2.45, 2.75) is 26.7 Å². The van der Waals surface area contributed by atoms with Gasteiger partial charge in [-0.25, -0.2) is 9.97 Å². The molecule has 2 heterocycles. The Morgan fingerprint density at radius 2 is 1.40 bits per heavy atom. The van der Waals surface area contributed by atoms with Gasteiger partial charge in [-0.1, -0.05) is 25.1 Å². The Kier molecular flexibility index (Phi) is 111. The van der Waals surface area contributed by atoms with E-state index in [1.54, 1.807) is 24.7 Å². The Balaban J connectivity index is -0.000000190. The number of hydrogen-bond donors (Lipinski definition) is 1. The fourth-order valence-electron chi connectivity index (χ4n) is 3.58. The number of Topliss-reactive ketones (excluding diaryl/α,β-unsaturated/α-hetero) is 1. The van der Waals surface area contributed by atoms with Crippen LogP contribution in [0, 0.1) is 22.9 Å². The van der Waals surface area contributed by atoms with Crippen LogP contribution in [-0.2, 0) is 18.3 Å². The maximum atomic E-state index is 13.9. The van der Waals surface area contributed by atoms with Crippen molar-refractivity contribution in [3.8, 4) is 11.4 Å². The van der Waals surface area contributed by atoms with E-state index in [0.29, 0.717) is 34.6 Å². The minimum absolute atomic E-state index is 0. The molecule has 2 aromatic carbocycles. The summed E-state index contributed by atoms with van der Waals surface area (Å²) in [5, 5.41) is 19.6. The molecule has 0 spiro atoms. The van der Waals surface area contributed by atoms with Crippen LogP contribution < -0.4 is 56.7 Å². The number of nitro groups is 1. The summed E-state index contributed by atoms with van der Waals surface area (Å²) in [6.45, 7) is 3.41. The van der Waals surface area contributed by atoms with Crippen LogP contribution in [0.5, 0.6) is 0 Å². The molecular weight excluding hydrogens is 1090 g/mol. The number of carbonyl (C=O) groups excluding carboxylic acids is 1. The molecule has 0 saturated heterocycles. The Labute approximate surface area is 704 Å². The molecule has 0 aliphatic rings. The molecule has 0 aliphatic heterocycles. The van der Waals surface area contributed by atoms with Crippen molar-refractivity contribution in [1.29, 1.82) is 0 Å². The van der Waals surface area contributed by atoms with Crippen LogP contribution in [-0.4, -0.2) is 536 Å². The van der Waals surface area contributed by atoms with E-state index < -0.39 is 16.4 Å². The van der Waals surface area contributed by atoms with E-state index >= 15 is 0 Å². The summed E-state index contributed by atoms with van der Waals surface area (Å²) < 4.78 is 15.7. The van der Waals surface area contributed by atoms with E-state index in [4.69, 9.17) is 0 Å². The molecule has 9 nitrogen and oxygen atoms in total. The number of halogens is 1. The summed E-state index contributed by atoms with van der Waals surface area (Å²) in [6.07, 6.45) is 2.08. The summed E-state index contributed by atoms with van der Waals surface area (Å²) in [5.74, 6) is -0.736.